The van der Waals surface area contributed by atoms with Crippen molar-refractivity contribution in [3.63, 3.8) is 0 Å². The van der Waals surface area contributed by atoms with Gasteiger partial charge in [-0.1, -0.05) is 32.9 Å². The van der Waals surface area contributed by atoms with Crippen molar-refractivity contribution >= 4 is 0 Å². The molecule has 0 spiro atoms. The first-order chi connectivity index (χ1) is 8.95. The summed E-state index contributed by atoms with van der Waals surface area (Å²) in [5.74, 6) is 0.635. The summed E-state index contributed by atoms with van der Waals surface area (Å²) in [5, 5.41) is 3.59. The lowest BCUT2D eigenvalue weighted by Crippen LogP contribution is -2.23. The molecule has 0 radical (unpaired) electrons. The molecule has 1 N–H and O–H groups in total. The zero-order valence-corrected chi connectivity index (χ0v) is 13.0. The largest absolute Gasteiger partial charge is 0.310 e. The molecule has 0 aliphatic heterocycles. The lowest BCUT2D eigenvalue weighted by Gasteiger charge is -2.21. The molecule has 1 nitrogen and oxygen atoms in total. The number of hydrogen-bond donors (Lipinski definition) is 1. The van der Waals surface area contributed by atoms with E-state index in [1.54, 1.807) is 0 Å². The molecule has 1 aromatic rings. The van der Waals surface area contributed by atoms with Crippen molar-refractivity contribution in [1.82, 2.24) is 5.32 Å². The average molecular weight is 265 g/mol. The van der Waals surface area contributed by atoms with E-state index >= 15 is 0 Å². The lowest BCUT2D eigenvalue weighted by molar-refractivity contribution is 0.439. The summed E-state index contributed by atoms with van der Waals surface area (Å²) >= 11 is 0. The van der Waals surface area contributed by atoms with E-state index < -0.39 is 0 Å². The van der Waals surface area contributed by atoms with E-state index in [-0.39, 0.29) is 5.82 Å². The minimum absolute atomic E-state index is 0.0677. The summed E-state index contributed by atoms with van der Waals surface area (Å²) in [7, 11) is 0. The maximum atomic E-state index is 13.7. The number of halogens is 1. The third-order valence-electron chi connectivity index (χ3n) is 3.53. The van der Waals surface area contributed by atoms with Gasteiger partial charge in [0.1, 0.15) is 5.82 Å². The molecule has 2 heteroatoms. The van der Waals surface area contributed by atoms with Crippen molar-refractivity contribution in [1.29, 1.82) is 0 Å². The third kappa shape index (κ3) is 4.94. The highest BCUT2D eigenvalue weighted by atomic mass is 19.1. The molecule has 1 unspecified atom stereocenters. The Morgan fingerprint density at radius 3 is 2.16 bits per heavy atom. The number of rotatable bonds is 7. The standard InChI is InChI=1S/C17H28FN/c1-6-9-19-16(8-7-12(2)3)15-10-13(4)17(18)14(5)11-15/h10-12,16,19H,6-9H2,1-5H3. The quantitative estimate of drug-likeness (QED) is 0.738. The van der Waals surface area contributed by atoms with E-state index in [2.05, 4.69) is 26.1 Å². The third-order valence-corrected chi connectivity index (χ3v) is 3.53. The fourth-order valence-corrected chi connectivity index (χ4v) is 2.39. The first-order valence-electron chi connectivity index (χ1n) is 7.45. The van der Waals surface area contributed by atoms with Gasteiger partial charge in [-0.2, -0.15) is 0 Å². The maximum Gasteiger partial charge on any atom is 0.129 e. The van der Waals surface area contributed by atoms with Crippen LogP contribution < -0.4 is 5.32 Å². The van der Waals surface area contributed by atoms with Gasteiger partial charge in [0.2, 0.25) is 0 Å². The molecule has 0 heterocycles. The summed E-state index contributed by atoms with van der Waals surface area (Å²) in [6, 6.07) is 4.34. The maximum absolute atomic E-state index is 13.7. The van der Waals surface area contributed by atoms with E-state index in [0.717, 1.165) is 30.5 Å². The van der Waals surface area contributed by atoms with Crippen LogP contribution in [-0.4, -0.2) is 6.54 Å². The second-order valence-electron chi connectivity index (χ2n) is 5.95. The fourth-order valence-electron chi connectivity index (χ4n) is 2.39. The number of nitrogens with one attached hydrogen (secondary N) is 1. The highest BCUT2D eigenvalue weighted by Crippen LogP contribution is 2.25. The lowest BCUT2D eigenvalue weighted by atomic mass is 9.94. The fraction of sp³-hybridized carbons (Fsp3) is 0.647. The molecule has 19 heavy (non-hydrogen) atoms. The van der Waals surface area contributed by atoms with Crippen molar-refractivity contribution in [3.05, 3.63) is 34.6 Å². The Morgan fingerprint density at radius 2 is 1.68 bits per heavy atom. The molecule has 0 aliphatic rings. The predicted molar refractivity (Wildman–Crippen MR) is 81.0 cm³/mol. The topological polar surface area (TPSA) is 12.0 Å². The Morgan fingerprint density at radius 1 is 1.11 bits per heavy atom. The molecule has 108 valence electrons. The number of hydrogen-bond acceptors (Lipinski definition) is 1. The first-order valence-corrected chi connectivity index (χ1v) is 7.45. The Kier molecular flexibility index (Phi) is 6.50. The second-order valence-corrected chi connectivity index (χ2v) is 5.95. The Balaban J connectivity index is 2.89. The smallest absolute Gasteiger partial charge is 0.129 e. The summed E-state index contributed by atoms with van der Waals surface area (Å²) in [5.41, 5.74) is 2.73. The molecular formula is C17H28FN. The molecule has 0 aliphatic carbocycles. The first kappa shape index (κ1) is 16.2. The Hall–Kier alpha value is -0.890. The van der Waals surface area contributed by atoms with Crippen molar-refractivity contribution in [2.45, 2.75) is 59.9 Å². The van der Waals surface area contributed by atoms with Gasteiger partial charge in [0, 0.05) is 6.04 Å². The minimum Gasteiger partial charge on any atom is -0.310 e. The van der Waals surface area contributed by atoms with Crippen LogP contribution in [0.25, 0.3) is 0 Å². The summed E-state index contributed by atoms with van der Waals surface area (Å²) in [6.07, 6.45) is 3.43. The normalized spacial score (nSPS) is 13.0. The predicted octanol–water partition coefficient (Wildman–Crippen LogP) is 4.92. The molecule has 0 fully saturated rings. The van der Waals surface area contributed by atoms with Crippen LogP contribution in [0.3, 0.4) is 0 Å². The Labute approximate surface area is 117 Å². The molecule has 0 bridgehead atoms. The van der Waals surface area contributed by atoms with Crippen LogP contribution in [0.4, 0.5) is 4.39 Å². The van der Waals surface area contributed by atoms with Crippen molar-refractivity contribution in [2.24, 2.45) is 5.92 Å². The van der Waals surface area contributed by atoms with Crippen LogP contribution >= 0.6 is 0 Å². The van der Waals surface area contributed by atoms with E-state index in [9.17, 15) is 4.39 Å². The molecule has 1 rings (SSSR count). The average Bonchev–Trinajstić information content (AvgIpc) is 2.35. The van der Waals surface area contributed by atoms with Crippen LogP contribution in [0.5, 0.6) is 0 Å². The molecule has 0 saturated carbocycles. The van der Waals surface area contributed by atoms with Gasteiger partial charge in [0.05, 0.1) is 0 Å². The van der Waals surface area contributed by atoms with Gasteiger partial charge >= 0.3 is 0 Å². The molecule has 1 atom stereocenters. The van der Waals surface area contributed by atoms with Gasteiger partial charge in [0.15, 0.2) is 0 Å². The number of aryl methyl sites for hydroxylation is 2. The molecule has 1 aromatic carbocycles. The van der Waals surface area contributed by atoms with Crippen LogP contribution in [0, 0.1) is 25.6 Å². The van der Waals surface area contributed by atoms with Gasteiger partial charge in [-0.05, 0) is 62.3 Å². The van der Waals surface area contributed by atoms with Crippen LogP contribution in [0.15, 0.2) is 12.1 Å². The second kappa shape index (κ2) is 7.64. The summed E-state index contributed by atoms with van der Waals surface area (Å²) < 4.78 is 13.7. The van der Waals surface area contributed by atoms with Crippen molar-refractivity contribution < 1.29 is 4.39 Å². The van der Waals surface area contributed by atoms with Crippen molar-refractivity contribution in [3.8, 4) is 0 Å². The van der Waals surface area contributed by atoms with E-state index in [1.165, 1.54) is 12.0 Å². The van der Waals surface area contributed by atoms with Crippen LogP contribution in [0.1, 0.15) is 62.8 Å². The van der Waals surface area contributed by atoms with Crippen molar-refractivity contribution in [2.75, 3.05) is 6.54 Å². The van der Waals surface area contributed by atoms with E-state index in [1.807, 2.05) is 26.0 Å². The number of benzene rings is 1. The van der Waals surface area contributed by atoms with Crippen LogP contribution in [-0.2, 0) is 0 Å². The highest BCUT2D eigenvalue weighted by Gasteiger charge is 2.14. The van der Waals surface area contributed by atoms with Gasteiger partial charge in [0.25, 0.3) is 0 Å². The SMILES string of the molecule is CCCNC(CCC(C)C)c1cc(C)c(F)c(C)c1. The van der Waals surface area contributed by atoms with E-state index in [0.29, 0.717) is 12.0 Å². The van der Waals surface area contributed by atoms with Gasteiger partial charge in [-0.25, -0.2) is 4.39 Å². The van der Waals surface area contributed by atoms with Crippen LogP contribution in [0.2, 0.25) is 0 Å². The molecule has 0 aromatic heterocycles. The zero-order valence-electron chi connectivity index (χ0n) is 13.0. The minimum atomic E-state index is -0.0677. The Bertz CT molecular complexity index is 375. The highest BCUT2D eigenvalue weighted by molar-refractivity contribution is 5.32. The molecule has 0 saturated heterocycles. The molecule has 0 amide bonds. The monoisotopic (exact) mass is 265 g/mol. The van der Waals surface area contributed by atoms with Gasteiger partial charge in [-0.15, -0.1) is 0 Å². The molecular weight excluding hydrogens is 237 g/mol. The van der Waals surface area contributed by atoms with Gasteiger partial charge in [-0.3, -0.25) is 0 Å². The summed E-state index contributed by atoms with van der Waals surface area (Å²) in [4.78, 5) is 0. The van der Waals surface area contributed by atoms with E-state index in [4.69, 9.17) is 0 Å². The zero-order chi connectivity index (χ0) is 14.4. The van der Waals surface area contributed by atoms with Gasteiger partial charge < -0.3 is 5.32 Å². The summed E-state index contributed by atoms with van der Waals surface area (Å²) in [6.45, 7) is 11.4.